The molecule has 0 unspecified atom stereocenters. The Morgan fingerprint density at radius 2 is 1.85 bits per heavy atom. The van der Waals surface area contributed by atoms with Crippen molar-refractivity contribution in [3.05, 3.63) is 78.8 Å². The molecule has 1 aromatic carbocycles. The third kappa shape index (κ3) is 3.77. The number of hydrogen-bond acceptors (Lipinski definition) is 4. The topological polar surface area (TPSA) is 77.6 Å². The first kappa shape index (κ1) is 16.7. The van der Waals surface area contributed by atoms with Gasteiger partial charge in [0.15, 0.2) is 5.82 Å². The zero-order valence-electron chi connectivity index (χ0n) is 14.8. The quantitative estimate of drug-likeness (QED) is 0.595. The number of anilines is 1. The van der Waals surface area contributed by atoms with E-state index in [0.29, 0.717) is 11.6 Å². The van der Waals surface area contributed by atoms with Crippen LogP contribution in [0.3, 0.4) is 0 Å². The summed E-state index contributed by atoms with van der Waals surface area (Å²) in [5.74, 6) is 1.03. The molecule has 0 atom stereocenters. The monoisotopic (exact) mass is 358 g/mol. The van der Waals surface area contributed by atoms with E-state index in [2.05, 4.69) is 20.5 Å². The van der Waals surface area contributed by atoms with Gasteiger partial charge in [-0.15, -0.1) is 0 Å². The van der Waals surface area contributed by atoms with E-state index in [1.165, 1.54) is 0 Å². The molecule has 134 valence electrons. The Labute approximate surface area is 156 Å². The molecule has 0 aliphatic carbocycles. The molecule has 0 saturated heterocycles. The van der Waals surface area contributed by atoms with Crippen molar-refractivity contribution in [3.8, 4) is 17.1 Å². The molecular formula is C20H18N6O. The molecule has 1 amide bonds. The number of benzene rings is 1. The molecule has 4 rings (SSSR count). The maximum Gasteiger partial charge on any atom is 0.247 e. The molecular weight excluding hydrogens is 340 g/mol. The third-order valence-corrected chi connectivity index (χ3v) is 3.98. The Kier molecular flexibility index (Phi) is 4.49. The third-order valence-electron chi connectivity index (χ3n) is 3.98. The Bertz CT molecular complexity index is 1050. The number of rotatable bonds is 5. The fourth-order valence-electron chi connectivity index (χ4n) is 2.78. The van der Waals surface area contributed by atoms with Gasteiger partial charge in [-0.05, 0) is 25.1 Å². The molecule has 0 radical (unpaired) electrons. The highest BCUT2D eigenvalue weighted by molar-refractivity contribution is 5.90. The summed E-state index contributed by atoms with van der Waals surface area (Å²) in [6.45, 7) is 1.98. The highest BCUT2D eigenvalue weighted by Crippen LogP contribution is 2.17. The molecule has 3 aromatic heterocycles. The second-order valence-electron chi connectivity index (χ2n) is 6.08. The van der Waals surface area contributed by atoms with Crippen molar-refractivity contribution >= 4 is 11.7 Å². The summed E-state index contributed by atoms with van der Waals surface area (Å²) in [7, 11) is 0. The van der Waals surface area contributed by atoms with Crippen LogP contribution in [0.5, 0.6) is 0 Å². The Balaban J connectivity index is 1.49. The smallest absolute Gasteiger partial charge is 0.247 e. The fourth-order valence-corrected chi connectivity index (χ4v) is 2.78. The second-order valence-corrected chi connectivity index (χ2v) is 6.08. The molecule has 0 bridgehead atoms. The van der Waals surface area contributed by atoms with Crippen molar-refractivity contribution in [1.82, 2.24) is 24.5 Å². The van der Waals surface area contributed by atoms with E-state index in [1.54, 1.807) is 21.8 Å². The van der Waals surface area contributed by atoms with Crippen LogP contribution < -0.4 is 5.32 Å². The number of hydrogen-bond donors (Lipinski definition) is 1. The summed E-state index contributed by atoms with van der Waals surface area (Å²) in [5, 5.41) is 11.8. The van der Waals surface area contributed by atoms with Gasteiger partial charge in [-0.2, -0.15) is 14.9 Å². The molecule has 0 fully saturated rings. The number of aromatic nitrogens is 5. The normalized spacial score (nSPS) is 10.7. The van der Waals surface area contributed by atoms with Gasteiger partial charge in [-0.3, -0.25) is 9.48 Å². The number of pyridine rings is 1. The van der Waals surface area contributed by atoms with Crippen molar-refractivity contribution in [3.63, 3.8) is 0 Å². The van der Waals surface area contributed by atoms with Crippen molar-refractivity contribution < 1.29 is 4.79 Å². The zero-order chi connectivity index (χ0) is 18.6. The molecule has 7 nitrogen and oxygen atoms in total. The van der Waals surface area contributed by atoms with E-state index in [4.69, 9.17) is 0 Å². The molecule has 27 heavy (non-hydrogen) atoms. The van der Waals surface area contributed by atoms with Crippen molar-refractivity contribution in [2.75, 3.05) is 5.32 Å². The lowest BCUT2D eigenvalue weighted by atomic mass is 10.2. The second kappa shape index (κ2) is 7.25. The van der Waals surface area contributed by atoms with Crippen LogP contribution in [0.4, 0.5) is 5.82 Å². The maximum absolute atomic E-state index is 12.5. The van der Waals surface area contributed by atoms with Crippen LogP contribution >= 0.6 is 0 Å². The average molecular weight is 358 g/mol. The van der Waals surface area contributed by atoms with E-state index in [0.717, 1.165) is 17.0 Å². The standard InChI is InChI=1S/C20H18N6O/c1-15-13-19(26(23-15)18-9-5-6-11-21-18)22-20(27)14-25-12-10-17(24-25)16-7-3-2-4-8-16/h2-13H,14H2,1H3,(H,22,27). The average Bonchev–Trinajstić information content (AvgIpc) is 3.29. The molecule has 7 heteroatoms. The van der Waals surface area contributed by atoms with Crippen LogP contribution in [-0.2, 0) is 11.3 Å². The van der Waals surface area contributed by atoms with Gasteiger partial charge in [0.1, 0.15) is 12.4 Å². The first-order valence-electron chi connectivity index (χ1n) is 8.56. The van der Waals surface area contributed by atoms with E-state index < -0.39 is 0 Å². The molecule has 0 aliphatic rings. The number of nitrogens with zero attached hydrogens (tertiary/aromatic N) is 5. The minimum absolute atomic E-state index is 0.110. The van der Waals surface area contributed by atoms with Gasteiger partial charge in [-0.1, -0.05) is 36.4 Å². The van der Waals surface area contributed by atoms with Gasteiger partial charge in [0, 0.05) is 24.0 Å². The van der Waals surface area contributed by atoms with E-state index in [-0.39, 0.29) is 12.5 Å². The molecule has 1 N–H and O–H groups in total. The number of nitrogens with one attached hydrogen (secondary N) is 1. The van der Waals surface area contributed by atoms with Crippen LogP contribution in [0.2, 0.25) is 0 Å². The lowest BCUT2D eigenvalue weighted by Gasteiger charge is -2.08. The summed E-state index contributed by atoms with van der Waals surface area (Å²) < 4.78 is 3.23. The molecule has 0 saturated carbocycles. The van der Waals surface area contributed by atoms with Gasteiger partial charge in [0.05, 0.1) is 11.4 Å². The summed E-state index contributed by atoms with van der Waals surface area (Å²) in [4.78, 5) is 16.8. The molecule has 4 aromatic rings. The summed E-state index contributed by atoms with van der Waals surface area (Å²) >= 11 is 0. The first-order chi connectivity index (χ1) is 13.2. The van der Waals surface area contributed by atoms with E-state index >= 15 is 0 Å². The molecule has 0 spiro atoms. The zero-order valence-corrected chi connectivity index (χ0v) is 14.8. The SMILES string of the molecule is Cc1cc(NC(=O)Cn2ccc(-c3ccccc3)n2)n(-c2ccccn2)n1. The van der Waals surface area contributed by atoms with Crippen molar-refractivity contribution in [2.24, 2.45) is 0 Å². The molecule has 0 aliphatic heterocycles. The predicted molar refractivity (Wildman–Crippen MR) is 102 cm³/mol. The predicted octanol–water partition coefficient (Wildman–Crippen LogP) is 3.08. The van der Waals surface area contributed by atoms with Crippen LogP contribution in [0.1, 0.15) is 5.69 Å². The Hall–Kier alpha value is -3.74. The fraction of sp³-hybridized carbons (Fsp3) is 0.100. The summed E-state index contributed by atoms with van der Waals surface area (Å²) in [6, 6.07) is 19.1. The highest BCUT2D eigenvalue weighted by Gasteiger charge is 2.12. The maximum atomic E-state index is 12.5. The lowest BCUT2D eigenvalue weighted by molar-refractivity contribution is -0.116. The van der Waals surface area contributed by atoms with Crippen LogP contribution in [-0.4, -0.2) is 30.5 Å². The molecule has 3 heterocycles. The number of amides is 1. The lowest BCUT2D eigenvalue weighted by Crippen LogP contribution is -2.21. The Morgan fingerprint density at radius 1 is 1.04 bits per heavy atom. The van der Waals surface area contributed by atoms with Crippen molar-refractivity contribution in [1.29, 1.82) is 0 Å². The van der Waals surface area contributed by atoms with Crippen LogP contribution in [0, 0.1) is 6.92 Å². The van der Waals surface area contributed by atoms with E-state index in [1.807, 2.05) is 67.6 Å². The summed E-state index contributed by atoms with van der Waals surface area (Å²) in [5.41, 5.74) is 2.64. The van der Waals surface area contributed by atoms with Crippen LogP contribution in [0.25, 0.3) is 17.1 Å². The summed E-state index contributed by atoms with van der Waals surface area (Å²) in [6.07, 6.45) is 3.48. The number of carbonyl (C=O) groups excluding carboxylic acids is 1. The van der Waals surface area contributed by atoms with Gasteiger partial charge in [0.2, 0.25) is 5.91 Å². The van der Waals surface area contributed by atoms with E-state index in [9.17, 15) is 4.79 Å². The van der Waals surface area contributed by atoms with Gasteiger partial charge >= 0.3 is 0 Å². The van der Waals surface area contributed by atoms with Gasteiger partial charge in [-0.25, -0.2) is 4.98 Å². The number of aryl methyl sites for hydroxylation is 1. The minimum atomic E-state index is -0.185. The van der Waals surface area contributed by atoms with Crippen LogP contribution in [0.15, 0.2) is 73.1 Å². The Morgan fingerprint density at radius 3 is 2.63 bits per heavy atom. The van der Waals surface area contributed by atoms with Crippen molar-refractivity contribution in [2.45, 2.75) is 13.5 Å². The van der Waals surface area contributed by atoms with Gasteiger partial charge in [0.25, 0.3) is 0 Å². The largest absolute Gasteiger partial charge is 0.309 e. The highest BCUT2D eigenvalue weighted by atomic mass is 16.2. The first-order valence-corrected chi connectivity index (χ1v) is 8.56. The minimum Gasteiger partial charge on any atom is -0.309 e. The van der Waals surface area contributed by atoms with Gasteiger partial charge < -0.3 is 5.32 Å². The number of carbonyl (C=O) groups is 1.